The first-order chi connectivity index (χ1) is 12.7. The van der Waals surface area contributed by atoms with E-state index in [9.17, 15) is 22.8 Å². The van der Waals surface area contributed by atoms with Gasteiger partial charge >= 0.3 is 5.97 Å². The average molecular weight is 399 g/mol. The second kappa shape index (κ2) is 8.35. The third-order valence-electron chi connectivity index (χ3n) is 3.96. The van der Waals surface area contributed by atoms with E-state index < -0.39 is 40.3 Å². The molecule has 1 aromatic carbocycles. The number of carbonyl (C=O) groups is 3. The number of methoxy groups -OCH3 is 2. The van der Waals surface area contributed by atoms with E-state index >= 15 is 0 Å². The second-order valence-corrected chi connectivity index (χ2v) is 7.64. The zero-order chi connectivity index (χ0) is 20.2. The first kappa shape index (κ1) is 20.6. The predicted molar refractivity (Wildman–Crippen MR) is 94.6 cm³/mol. The van der Waals surface area contributed by atoms with E-state index in [2.05, 4.69) is 15.4 Å². The highest BCUT2D eigenvalue weighted by molar-refractivity contribution is 7.89. The van der Waals surface area contributed by atoms with Crippen molar-refractivity contribution in [2.24, 2.45) is 0 Å². The molecule has 148 valence electrons. The van der Waals surface area contributed by atoms with Crippen LogP contribution in [0.4, 0.5) is 5.69 Å². The zero-order valence-electron chi connectivity index (χ0n) is 15.1. The quantitative estimate of drug-likeness (QED) is 0.628. The molecule has 0 aliphatic carbocycles. The fraction of sp³-hybridized carbons (Fsp3) is 0.438. The van der Waals surface area contributed by atoms with Crippen LogP contribution >= 0.6 is 0 Å². The van der Waals surface area contributed by atoms with E-state index in [-0.39, 0.29) is 29.4 Å². The van der Waals surface area contributed by atoms with Crippen LogP contribution in [0.25, 0.3) is 0 Å². The molecule has 0 radical (unpaired) electrons. The standard InChI is InChI=1S/C16H21N3O7S/c1-10(20)18-12-8-11(4-5-14(12)25-2)27(23,24)19-7-6-17-16(22)13(19)9-15(21)26-3/h4-5,8,13H,6-7,9H2,1-3H3,(H,17,22)(H,18,20)/t13-/m0/s1. The number of nitrogens with one attached hydrogen (secondary N) is 2. The van der Waals surface area contributed by atoms with Gasteiger partial charge in [0.25, 0.3) is 0 Å². The number of rotatable bonds is 6. The minimum atomic E-state index is -4.12. The van der Waals surface area contributed by atoms with Gasteiger partial charge in [0.05, 0.1) is 31.2 Å². The molecule has 0 saturated carbocycles. The minimum Gasteiger partial charge on any atom is -0.495 e. The Morgan fingerprint density at radius 3 is 2.63 bits per heavy atom. The number of anilines is 1. The summed E-state index contributed by atoms with van der Waals surface area (Å²) in [4.78, 5) is 35.0. The Hall–Kier alpha value is -2.66. The van der Waals surface area contributed by atoms with Crippen LogP contribution in [0.5, 0.6) is 5.75 Å². The molecule has 0 bridgehead atoms. The number of carbonyl (C=O) groups excluding carboxylic acids is 3. The molecule has 1 fully saturated rings. The summed E-state index contributed by atoms with van der Waals surface area (Å²) in [5.41, 5.74) is 0.178. The lowest BCUT2D eigenvalue weighted by atomic mass is 10.1. The number of nitrogens with zero attached hydrogens (tertiary/aromatic N) is 1. The summed E-state index contributed by atoms with van der Waals surface area (Å²) in [7, 11) is -1.58. The van der Waals surface area contributed by atoms with E-state index in [1.165, 1.54) is 32.2 Å². The molecule has 2 amide bonds. The van der Waals surface area contributed by atoms with Crippen LogP contribution in [-0.2, 0) is 29.1 Å². The van der Waals surface area contributed by atoms with Crippen molar-refractivity contribution in [1.82, 2.24) is 9.62 Å². The number of piperazine rings is 1. The Balaban J connectivity index is 2.44. The largest absolute Gasteiger partial charge is 0.495 e. The summed E-state index contributed by atoms with van der Waals surface area (Å²) in [6, 6.07) is 2.73. The molecule has 0 spiro atoms. The van der Waals surface area contributed by atoms with Crippen molar-refractivity contribution in [1.29, 1.82) is 0 Å². The third-order valence-corrected chi connectivity index (χ3v) is 5.86. The number of hydrogen-bond donors (Lipinski definition) is 2. The summed E-state index contributed by atoms with van der Waals surface area (Å²) in [5, 5.41) is 5.04. The van der Waals surface area contributed by atoms with E-state index in [4.69, 9.17) is 4.74 Å². The van der Waals surface area contributed by atoms with E-state index in [1.54, 1.807) is 0 Å². The number of benzene rings is 1. The van der Waals surface area contributed by atoms with Gasteiger partial charge in [-0.25, -0.2) is 8.42 Å². The van der Waals surface area contributed by atoms with Gasteiger partial charge in [0, 0.05) is 20.0 Å². The topological polar surface area (TPSA) is 131 Å². The molecular weight excluding hydrogens is 378 g/mol. The molecule has 27 heavy (non-hydrogen) atoms. The van der Waals surface area contributed by atoms with Gasteiger partial charge < -0.3 is 20.1 Å². The maximum absolute atomic E-state index is 13.1. The molecule has 0 unspecified atom stereocenters. The highest BCUT2D eigenvalue weighted by Crippen LogP contribution is 2.30. The van der Waals surface area contributed by atoms with Crippen LogP contribution in [0, 0.1) is 0 Å². The Morgan fingerprint density at radius 2 is 2.04 bits per heavy atom. The van der Waals surface area contributed by atoms with E-state index in [1.807, 2.05) is 0 Å². The summed E-state index contributed by atoms with van der Waals surface area (Å²) in [5.74, 6) is -1.40. The average Bonchev–Trinajstić information content (AvgIpc) is 2.62. The second-order valence-electron chi connectivity index (χ2n) is 5.75. The lowest BCUT2D eigenvalue weighted by Gasteiger charge is -2.33. The van der Waals surface area contributed by atoms with Crippen LogP contribution in [0.2, 0.25) is 0 Å². The summed E-state index contributed by atoms with van der Waals surface area (Å²) >= 11 is 0. The van der Waals surface area contributed by atoms with Crippen LogP contribution in [-0.4, -0.2) is 63.9 Å². The van der Waals surface area contributed by atoms with Crippen molar-refractivity contribution in [3.05, 3.63) is 18.2 Å². The lowest BCUT2D eigenvalue weighted by molar-refractivity contribution is -0.144. The van der Waals surface area contributed by atoms with Gasteiger partial charge in [-0.3, -0.25) is 14.4 Å². The molecule has 11 heteroatoms. The lowest BCUT2D eigenvalue weighted by Crippen LogP contribution is -2.57. The van der Waals surface area contributed by atoms with Gasteiger partial charge in [-0.05, 0) is 18.2 Å². The fourth-order valence-corrected chi connectivity index (χ4v) is 4.30. The Morgan fingerprint density at radius 1 is 1.33 bits per heavy atom. The fourth-order valence-electron chi connectivity index (χ4n) is 2.69. The summed E-state index contributed by atoms with van der Waals surface area (Å²) in [6.45, 7) is 1.39. The Kier molecular flexibility index (Phi) is 6.39. The van der Waals surface area contributed by atoms with E-state index in [0.29, 0.717) is 0 Å². The maximum Gasteiger partial charge on any atom is 0.307 e. The molecule has 1 aliphatic rings. The Bertz CT molecular complexity index is 854. The number of ether oxygens (including phenoxy) is 2. The van der Waals surface area contributed by atoms with Crippen molar-refractivity contribution in [3.63, 3.8) is 0 Å². The molecule has 1 aromatic rings. The van der Waals surface area contributed by atoms with Crippen LogP contribution in [0.15, 0.2) is 23.1 Å². The smallest absolute Gasteiger partial charge is 0.307 e. The van der Waals surface area contributed by atoms with Gasteiger partial charge in [-0.2, -0.15) is 4.31 Å². The van der Waals surface area contributed by atoms with Crippen LogP contribution in [0.1, 0.15) is 13.3 Å². The maximum atomic E-state index is 13.1. The molecule has 2 rings (SSSR count). The van der Waals surface area contributed by atoms with Crippen molar-refractivity contribution in [2.75, 3.05) is 32.6 Å². The number of esters is 1. The molecule has 1 saturated heterocycles. The third kappa shape index (κ3) is 4.55. The number of sulfonamides is 1. The molecule has 1 heterocycles. The first-order valence-electron chi connectivity index (χ1n) is 8.02. The van der Waals surface area contributed by atoms with Crippen LogP contribution in [0.3, 0.4) is 0 Å². The van der Waals surface area contributed by atoms with Gasteiger partial charge in [-0.1, -0.05) is 0 Å². The van der Waals surface area contributed by atoms with Gasteiger partial charge in [0.2, 0.25) is 21.8 Å². The zero-order valence-corrected chi connectivity index (χ0v) is 16.0. The van der Waals surface area contributed by atoms with Gasteiger partial charge in [0.1, 0.15) is 11.8 Å². The van der Waals surface area contributed by atoms with Crippen molar-refractivity contribution < 1.29 is 32.3 Å². The number of hydrogen-bond acceptors (Lipinski definition) is 7. The van der Waals surface area contributed by atoms with Crippen LogP contribution < -0.4 is 15.4 Å². The van der Waals surface area contributed by atoms with Crippen molar-refractivity contribution in [2.45, 2.75) is 24.3 Å². The SMILES string of the molecule is COC(=O)C[C@H]1C(=O)NCCN1S(=O)(=O)c1ccc(OC)c(NC(C)=O)c1. The minimum absolute atomic E-state index is 0.00274. The highest BCUT2D eigenvalue weighted by atomic mass is 32.2. The first-order valence-corrected chi connectivity index (χ1v) is 9.46. The summed E-state index contributed by atoms with van der Waals surface area (Å²) < 4.78 is 36.8. The van der Waals surface area contributed by atoms with Crippen molar-refractivity contribution in [3.8, 4) is 5.75 Å². The molecule has 1 atom stereocenters. The summed E-state index contributed by atoms with van der Waals surface area (Å²) in [6.07, 6.45) is -0.406. The monoisotopic (exact) mass is 399 g/mol. The molecular formula is C16H21N3O7S. The normalized spacial score (nSPS) is 17.7. The number of amides is 2. The molecule has 0 aromatic heterocycles. The van der Waals surface area contributed by atoms with E-state index in [0.717, 1.165) is 11.4 Å². The highest BCUT2D eigenvalue weighted by Gasteiger charge is 2.40. The molecule has 10 nitrogen and oxygen atoms in total. The predicted octanol–water partition coefficient (Wildman–Crippen LogP) is -0.294. The van der Waals surface area contributed by atoms with Gasteiger partial charge in [-0.15, -0.1) is 0 Å². The Labute approximate surface area is 156 Å². The van der Waals surface area contributed by atoms with Gasteiger partial charge in [0.15, 0.2) is 0 Å². The molecule has 1 aliphatic heterocycles. The molecule has 2 N–H and O–H groups in total. The van der Waals surface area contributed by atoms with Crippen molar-refractivity contribution >= 4 is 33.5 Å².